The minimum absolute atomic E-state index is 0.482. The van der Waals surface area contributed by atoms with Crippen LogP contribution in [-0.4, -0.2) is 29.8 Å². The molecule has 0 aliphatic carbocycles. The van der Waals surface area contributed by atoms with Gasteiger partial charge in [0.2, 0.25) is 0 Å². The minimum Gasteiger partial charge on any atom is -0.465 e. The molecule has 1 heterocycles. The third-order valence-electron chi connectivity index (χ3n) is 1.51. The molecule has 0 bridgehead atoms. The topological polar surface area (TPSA) is 79.5 Å². The van der Waals surface area contributed by atoms with E-state index in [0.29, 0.717) is 18.1 Å². The van der Waals surface area contributed by atoms with Crippen LogP contribution in [0.3, 0.4) is 0 Å². The van der Waals surface area contributed by atoms with E-state index in [4.69, 9.17) is 10.8 Å². The first-order chi connectivity index (χ1) is 6.15. The molecule has 0 saturated carbocycles. The van der Waals surface area contributed by atoms with Crippen LogP contribution in [0.5, 0.6) is 0 Å². The van der Waals surface area contributed by atoms with Crippen LogP contribution in [-0.2, 0) is 6.42 Å². The molecule has 1 aromatic rings. The highest BCUT2D eigenvalue weighted by Gasteiger charge is 2.11. The Hall–Kier alpha value is -1.14. The predicted octanol–water partition coefficient (Wildman–Crippen LogP) is 0.758. The lowest BCUT2D eigenvalue weighted by Crippen LogP contribution is -2.23. The van der Waals surface area contributed by atoms with E-state index in [1.807, 2.05) is 5.38 Å². The number of carbonyl (C=O) groups is 1. The molecule has 3 N–H and O–H groups in total. The summed E-state index contributed by atoms with van der Waals surface area (Å²) in [6.45, 7) is 0.528. The van der Waals surface area contributed by atoms with Crippen LogP contribution < -0.4 is 10.6 Å². The van der Waals surface area contributed by atoms with Gasteiger partial charge >= 0.3 is 6.09 Å². The van der Waals surface area contributed by atoms with Crippen molar-refractivity contribution in [1.29, 1.82) is 0 Å². The predicted molar refractivity (Wildman–Crippen MR) is 51.3 cm³/mol. The van der Waals surface area contributed by atoms with E-state index in [1.165, 1.54) is 18.4 Å². The van der Waals surface area contributed by atoms with Gasteiger partial charge in [0, 0.05) is 18.8 Å². The van der Waals surface area contributed by atoms with E-state index in [-0.39, 0.29) is 0 Å². The number of thiazole rings is 1. The van der Waals surface area contributed by atoms with Crippen molar-refractivity contribution in [2.75, 3.05) is 18.5 Å². The molecule has 5 nitrogen and oxygen atoms in total. The maximum atomic E-state index is 10.5. The summed E-state index contributed by atoms with van der Waals surface area (Å²) in [6.07, 6.45) is -0.321. The largest absolute Gasteiger partial charge is 0.465 e. The molecule has 0 fully saturated rings. The Morgan fingerprint density at radius 2 is 2.54 bits per heavy atom. The summed E-state index contributed by atoms with van der Waals surface area (Å²) in [5.74, 6) is 0. The van der Waals surface area contributed by atoms with Crippen LogP contribution in [0.4, 0.5) is 9.93 Å². The fourth-order valence-electron chi connectivity index (χ4n) is 0.795. The van der Waals surface area contributed by atoms with Gasteiger partial charge in [0.15, 0.2) is 5.13 Å². The van der Waals surface area contributed by atoms with Crippen molar-refractivity contribution in [2.24, 2.45) is 5.73 Å². The molecular weight excluding hydrogens is 190 g/mol. The molecule has 1 amide bonds. The number of hydrogen-bond donors (Lipinski definition) is 2. The van der Waals surface area contributed by atoms with Gasteiger partial charge in [-0.15, -0.1) is 11.3 Å². The molecule has 0 spiro atoms. The second kappa shape index (κ2) is 4.20. The van der Waals surface area contributed by atoms with Crippen molar-refractivity contribution in [3.8, 4) is 0 Å². The van der Waals surface area contributed by atoms with Gasteiger partial charge < -0.3 is 10.8 Å². The number of hydrogen-bond acceptors (Lipinski definition) is 4. The number of amides is 1. The number of rotatable bonds is 3. The molecule has 0 aromatic carbocycles. The number of nitrogens with two attached hydrogens (primary N) is 1. The molecule has 1 aromatic heterocycles. The SMILES string of the molecule is CN(C(=O)O)c1nc(CCN)cs1. The molecule has 13 heavy (non-hydrogen) atoms. The maximum absolute atomic E-state index is 10.5. The van der Waals surface area contributed by atoms with E-state index >= 15 is 0 Å². The summed E-state index contributed by atoms with van der Waals surface area (Å²) in [6, 6.07) is 0. The highest BCUT2D eigenvalue weighted by atomic mass is 32.1. The standard InChI is InChI=1S/C7H11N3O2S/c1-10(7(11)12)6-9-5(2-3-8)4-13-6/h4H,2-3,8H2,1H3,(H,11,12). The maximum Gasteiger partial charge on any atom is 0.413 e. The number of anilines is 1. The normalized spacial score (nSPS) is 10.0. The van der Waals surface area contributed by atoms with Crippen molar-refractivity contribution >= 4 is 22.6 Å². The van der Waals surface area contributed by atoms with Crippen LogP contribution in [0.1, 0.15) is 5.69 Å². The Labute approximate surface area is 79.8 Å². The third-order valence-corrected chi connectivity index (χ3v) is 2.48. The zero-order valence-electron chi connectivity index (χ0n) is 7.23. The highest BCUT2D eigenvalue weighted by Crippen LogP contribution is 2.19. The lowest BCUT2D eigenvalue weighted by atomic mass is 10.3. The molecule has 0 saturated heterocycles. The highest BCUT2D eigenvalue weighted by molar-refractivity contribution is 7.13. The van der Waals surface area contributed by atoms with Gasteiger partial charge in [-0.25, -0.2) is 9.78 Å². The van der Waals surface area contributed by atoms with E-state index in [1.54, 1.807) is 0 Å². The molecule has 0 unspecified atom stereocenters. The summed E-state index contributed by atoms with van der Waals surface area (Å²) in [5, 5.41) is 10.9. The van der Waals surface area contributed by atoms with Gasteiger partial charge in [0.25, 0.3) is 0 Å². The van der Waals surface area contributed by atoms with Gasteiger partial charge in [-0.05, 0) is 6.54 Å². The van der Waals surface area contributed by atoms with Gasteiger partial charge in [0.1, 0.15) is 0 Å². The average Bonchev–Trinajstić information content (AvgIpc) is 2.52. The third kappa shape index (κ3) is 2.40. The lowest BCUT2D eigenvalue weighted by Gasteiger charge is -2.07. The van der Waals surface area contributed by atoms with Crippen molar-refractivity contribution in [2.45, 2.75) is 6.42 Å². The minimum atomic E-state index is -1.01. The first-order valence-corrected chi connectivity index (χ1v) is 4.64. The number of nitrogens with zero attached hydrogens (tertiary/aromatic N) is 2. The van der Waals surface area contributed by atoms with E-state index in [0.717, 1.165) is 10.6 Å². The molecule has 6 heteroatoms. The van der Waals surface area contributed by atoms with Crippen molar-refractivity contribution in [3.05, 3.63) is 11.1 Å². The Kier molecular flexibility index (Phi) is 3.21. The first kappa shape index (κ1) is 9.94. The molecular formula is C7H11N3O2S. The summed E-state index contributed by atoms with van der Waals surface area (Å²) in [7, 11) is 1.47. The second-order valence-corrected chi connectivity index (χ2v) is 3.34. The second-order valence-electron chi connectivity index (χ2n) is 2.50. The number of aromatic nitrogens is 1. The fourth-order valence-corrected chi connectivity index (χ4v) is 1.61. The molecule has 1 rings (SSSR count). The van der Waals surface area contributed by atoms with Gasteiger partial charge in [-0.2, -0.15) is 0 Å². The zero-order valence-corrected chi connectivity index (χ0v) is 8.04. The summed E-state index contributed by atoms with van der Waals surface area (Å²) >= 11 is 1.30. The van der Waals surface area contributed by atoms with E-state index in [2.05, 4.69) is 4.98 Å². The molecule has 72 valence electrons. The van der Waals surface area contributed by atoms with Crippen LogP contribution >= 0.6 is 11.3 Å². The van der Waals surface area contributed by atoms with Crippen LogP contribution in [0.15, 0.2) is 5.38 Å². The summed E-state index contributed by atoms with van der Waals surface area (Å²) in [5.41, 5.74) is 6.18. The molecule has 0 aliphatic heterocycles. The van der Waals surface area contributed by atoms with Gasteiger partial charge in [0.05, 0.1) is 5.69 Å². The zero-order chi connectivity index (χ0) is 9.84. The summed E-state index contributed by atoms with van der Waals surface area (Å²) < 4.78 is 0. The molecule has 0 atom stereocenters. The molecule has 0 radical (unpaired) electrons. The van der Waals surface area contributed by atoms with Gasteiger partial charge in [-0.3, -0.25) is 4.90 Å². The van der Waals surface area contributed by atoms with E-state index in [9.17, 15) is 4.79 Å². The number of carboxylic acid groups (broad SMARTS) is 1. The smallest absolute Gasteiger partial charge is 0.413 e. The van der Waals surface area contributed by atoms with Crippen LogP contribution in [0, 0.1) is 0 Å². The fraction of sp³-hybridized carbons (Fsp3) is 0.429. The first-order valence-electron chi connectivity index (χ1n) is 3.76. The Morgan fingerprint density at radius 1 is 1.85 bits per heavy atom. The Morgan fingerprint density at radius 3 is 3.08 bits per heavy atom. The van der Waals surface area contributed by atoms with E-state index < -0.39 is 6.09 Å². The monoisotopic (exact) mass is 201 g/mol. The Balaban J connectivity index is 2.73. The molecule has 0 aliphatic rings. The van der Waals surface area contributed by atoms with Crippen molar-refractivity contribution < 1.29 is 9.90 Å². The van der Waals surface area contributed by atoms with Crippen LogP contribution in [0.25, 0.3) is 0 Å². The summed E-state index contributed by atoms with van der Waals surface area (Å²) in [4.78, 5) is 15.7. The van der Waals surface area contributed by atoms with Gasteiger partial charge in [-0.1, -0.05) is 0 Å². The quantitative estimate of drug-likeness (QED) is 0.756. The van der Waals surface area contributed by atoms with Crippen molar-refractivity contribution in [1.82, 2.24) is 4.98 Å². The lowest BCUT2D eigenvalue weighted by molar-refractivity contribution is 0.203. The van der Waals surface area contributed by atoms with Crippen LogP contribution in [0.2, 0.25) is 0 Å². The van der Waals surface area contributed by atoms with Crippen molar-refractivity contribution in [3.63, 3.8) is 0 Å². The average molecular weight is 201 g/mol. The Bertz CT molecular complexity index is 300.